The van der Waals surface area contributed by atoms with Crippen LogP contribution in [-0.4, -0.2) is 23.2 Å². The van der Waals surface area contributed by atoms with E-state index in [4.69, 9.17) is 4.74 Å². The summed E-state index contributed by atoms with van der Waals surface area (Å²) >= 11 is 1.83. The van der Waals surface area contributed by atoms with Gasteiger partial charge in [0.05, 0.1) is 12.2 Å². The van der Waals surface area contributed by atoms with E-state index in [1.165, 1.54) is 26.9 Å². The number of aliphatic imine (C=N–C) groups is 1. The maximum absolute atomic E-state index is 5.95. The minimum atomic E-state index is 0. The number of thioether (sulfide) groups is 1. The summed E-state index contributed by atoms with van der Waals surface area (Å²) in [6.45, 7) is 1.94. The van der Waals surface area contributed by atoms with Crippen molar-refractivity contribution >= 4 is 39.6 Å². The van der Waals surface area contributed by atoms with Gasteiger partial charge in [-0.25, -0.2) is 0 Å². The second kappa shape index (κ2) is 5.73. The highest BCUT2D eigenvalue weighted by atomic mass is 79.9. The monoisotopic (exact) mass is 386 g/mol. The number of amidine groups is 1. The largest absolute Gasteiger partial charge is 0.457 e. The first kappa shape index (κ1) is 14.8. The Labute approximate surface area is 149 Å². The standard InChI is InChI=1S/C18H14N2OS.BrH/c1-2-4-13(5-3-1)21-14-6-7-15-12(10-14)11-16-17(15)20-9-8-19-18(20)22-16;/h1-7,10H,8-9,11H2;1H. The van der Waals surface area contributed by atoms with Crippen molar-refractivity contribution in [1.82, 2.24) is 4.90 Å². The van der Waals surface area contributed by atoms with Crippen molar-refractivity contribution in [2.24, 2.45) is 4.99 Å². The molecule has 0 saturated carbocycles. The third-order valence-electron chi connectivity index (χ3n) is 4.21. The molecule has 1 aliphatic carbocycles. The maximum atomic E-state index is 5.95. The molecule has 2 heterocycles. The molecule has 0 fully saturated rings. The normalized spacial score (nSPS) is 17.4. The lowest BCUT2D eigenvalue weighted by Crippen LogP contribution is -2.19. The molecule has 2 aromatic rings. The van der Waals surface area contributed by atoms with Crippen molar-refractivity contribution < 1.29 is 4.74 Å². The minimum absolute atomic E-state index is 0. The van der Waals surface area contributed by atoms with E-state index in [1.54, 1.807) is 0 Å². The number of rotatable bonds is 2. The lowest BCUT2D eigenvalue weighted by Gasteiger charge is -2.17. The van der Waals surface area contributed by atoms with Crippen LogP contribution in [-0.2, 0) is 6.42 Å². The molecule has 0 aromatic heterocycles. The molecule has 3 aliphatic rings. The van der Waals surface area contributed by atoms with Gasteiger partial charge in [0.25, 0.3) is 0 Å². The van der Waals surface area contributed by atoms with Gasteiger partial charge >= 0.3 is 0 Å². The quantitative estimate of drug-likeness (QED) is 0.747. The van der Waals surface area contributed by atoms with E-state index in [9.17, 15) is 0 Å². The first-order valence-electron chi connectivity index (χ1n) is 7.48. The molecule has 0 amide bonds. The highest BCUT2D eigenvalue weighted by Crippen LogP contribution is 2.49. The van der Waals surface area contributed by atoms with Gasteiger partial charge in [-0.3, -0.25) is 4.99 Å². The van der Waals surface area contributed by atoms with Gasteiger partial charge in [-0.05, 0) is 35.9 Å². The van der Waals surface area contributed by atoms with Crippen LogP contribution in [0.1, 0.15) is 11.1 Å². The fourth-order valence-corrected chi connectivity index (χ4v) is 4.47. The van der Waals surface area contributed by atoms with Crippen molar-refractivity contribution in [3.05, 3.63) is 64.6 Å². The molecule has 5 heteroatoms. The molecular formula is C18H15BrN2OS. The third kappa shape index (κ3) is 2.39. The zero-order chi connectivity index (χ0) is 14.5. The van der Waals surface area contributed by atoms with Crippen molar-refractivity contribution in [3.63, 3.8) is 0 Å². The van der Waals surface area contributed by atoms with Gasteiger partial charge in [0, 0.05) is 23.4 Å². The van der Waals surface area contributed by atoms with Gasteiger partial charge in [-0.15, -0.1) is 17.0 Å². The Bertz CT molecular complexity index is 832. The molecule has 0 radical (unpaired) electrons. The maximum Gasteiger partial charge on any atom is 0.168 e. The molecule has 0 unspecified atom stereocenters. The SMILES string of the molecule is Br.c1ccc(Oc2ccc3c(c2)CC2=C3N3CCN=C3S2)cc1. The van der Waals surface area contributed by atoms with Gasteiger partial charge in [0.2, 0.25) is 0 Å². The van der Waals surface area contributed by atoms with Crippen LogP contribution in [0.25, 0.3) is 5.70 Å². The number of nitrogens with zero attached hydrogens (tertiary/aromatic N) is 2. The smallest absolute Gasteiger partial charge is 0.168 e. The highest BCUT2D eigenvalue weighted by molar-refractivity contribution is 8.93. The predicted molar refractivity (Wildman–Crippen MR) is 101 cm³/mol. The molecule has 23 heavy (non-hydrogen) atoms. The predicted octanol–water partition coefficient (Wildman–Crippen LogP) is 4.70. The van der Waals surface area contributed by atoms with Gasteiger partial charge in [0.15, 0.2) is 5.17 Å². The van der Waals surface area contributed by atoms with Crippen LogP contribution >= 0.6 is 28.7 Å². The molecule has 116 valence electrons. The number of benzene rings is 2. The van der Waals surface area contributed by atoms with Gasteiger partial charge in [0.1, 0.15) is 11.5 Å². The molecule has 0 saturated heterocycles. The van der Waals surface area contributed by atoms with Crippen molar-refractivity contribution in [1.29, 1.82) is 0 Å². The summed E-state index contributed by atoms with van der Waals surface area (Å²) in [4.78, 5) is 8.37. The fraction of sp³-hybridized carbons (Fsp3) is 0.167. The van der Waals surface area contributed by atoms with Crippen LogP contribution in [0.4, 0.5) is 0 Å². The zero-order valence-corrected chi connectivity index (χ0v) is 14.9. The first-order valence-corrected chi connectivity index (χ1v) is 8.29. The summed E-state index contributed by atoms with van der Waals surface area (Å²) in [5.74, 6) is 1.79. The zero-order valence-electron chi connectivity index (χ0n) is 12.4. The van der Waals surface area contributed by atoms with Crippen LogP contribution in [0, 0.1) is 0 Å². The number of ether oxygens (including phenoxy) is 1. The lowest BCUT2D eigenvalue weighted by molar-refractivity contribution is 0.482. The Morgan fingerprint density at radius 1 is 1.04 bits per heavy atom. The van der Waals surface area contributed by atoms with E-state index in [-0.39, 0.29) is 17.0 Å². The highest BCUT2D eigenvalue weighted by Gasteiger charge is 2.37. The van der Waals surface area contributed by atoms with E-state index in [2.05, 4.69) is 28.1 Å². The summed E-state index contributed by atoms with van der Waals surface area (Å²) < 4.78 is 5.95. The number of halogens is 1. The second-order valence-electron chi connectivity index (χ2n) is 5.60. The van der Waals surface area contributed by atoms with Gasteiger partial charge in [-0.1, -0.05) is 30.0 Å². The van der Waals surface area contributed by atoms with E-state index < -0.39 is 0 Å². The van der Waals surface area contributed by atoms with Crippen LogP contribution in [0.15, 0.2) is 58.4 Å². The van der Waals surface area contributed by atoms with E-state index in [0.717, 1.165) is 31.0 Å². The lowest BCUT2D eigenvalue weighted by atomic mass is 10.1. The summed E-state index contributed by atoms with van der Waals surface area (Å²) in [6.07, 6.45) is 0.997. The first-order chi connectivity index (χ1) is 10.9. The molecule has 0 N–H and O–H groups in total. The molecule has 0 bridgehead atoms. The van der Waals surface area contributed by atoms with Gasteiger partial charge in [-0.2, -0.15) is 0 Å². The van der Waals surface area contributed by atoms with Crippen LogP contribution in [0.2, 0.25) is 0 Å². The Balaban J connectivity index is 0.00000135. The molecule has 2 aromatic carbocycles. The molecule has 0 atom stereocenters. The van der Waals surface area contributed by atoms with E-state index in [0.29, 0.717) is 0 Å². The van der Waals surface area contributed by atoms with Crippen molar-refractivity contribution in [3.8, 4) is 11.5 Å². The summed E-state index contributed by atoms with van der Waals surface area (Å²) in [6, 6.07) is 16.4. The number of para-hydroxylation sites is 1. The Morgan fingerprint density at radius 2 is 1.91 bits per heavy atom. The summed E-state index contributed by atoms with van der Waals surface area (Å²) in [7, 11) is 0. The number of allylic oxidation sites excluding steroid dienone is 1. The molecule has 2 aliphatic heterocycles. The average Bonchev–Trinajstić information content (AvgIpc) is 3.18. The number of fused-ring (bicyclic) bond motifs is 4. The second-order valence-corrected chi connectivity index (χ2v) is 6.66. The molecule has 5 rings (SSSR count). The Kier molecular flexibility index (Phi) is 3.70. The average molecular weight is 387 g/mol. The van der Waals surface area contributed by atoms with Gasteiger partial charge < -0.3 is 9.64 Å². The molecule has 3 nitrogen and oxygen atoms in total. The number of hydrogen-bond acceptors (Lipinski definition) is 4. The van der Waals surface area contributed by atoms with Crippen LogP contribution < -0.4 is 4.74 Å². The summed E-state index contributed by atoms with van der Waals surface area (Å²) in [5.41, 5.74) is 4.08. The fourth-order valence-electron chi connectivity index (χ4n) is 3.25. The minimum Gasteiger partial charge on any atom is -0.457 e. The van der Waals surface area contributed by atoms with Crippen molar-refractivity contribution in [2.75, 3.05) is 13.1 Å². The topological polar surface area (TPSA) is 24.8 Å². The Morgan fingerprint density at radius 3 is 2.78 bits per heavy atom. The molecule has 0 spiro atoms. The third-order valence-corrected chi connectivity index (χ3v) is 5.33. The van der Waals surface area contributed by atoms with Crippen LogP contribution in [0.5, 0.6) is 11.5 Å². The van der Waals surface area contributed by atoms with Crippen LogP contribution in [0.3, 0.4) is 0 Å². The summed E-state index contributed by atoms with van der Waals surface area (Å²) in [5, 5.41) is 1.18. The van der Waals surface area contributed by atoms with E-state index >= 15 is 0 Å². The number of hydrogen-bond donors (Lipinski definition) is 0. The van der Waals surface area contributed by atoms with E-state index in [1.807, 2.05) is 42.1 Å². The Hall–Kier alpha value is -1.72. The van der Waals surface area contributed by atoms with Crippen molar-refractivity contribution in [2.45, 2.75) is 6.42 Å². The molecular weight excluding hydrogens is 372 g/mol.